The summed E-state index contributed by atoms with van der Waals surface area (Å²) < 4.78 is -1.24. The van der Waals surface area contributed by atoms with Crippen LogP contribution < -0.4 is 5.32 Å². The SMILES string of the molecule is CC1(I)C(=O)NC(=O)N(Cc2ccccc2)C1=O. The molecule has 1 N–H and O–H groups in total. The topological polar surface area (TPSA) is 66.5 Å². The third-order valence-corrected chi connectivity index (χ3v) is 3.67. The summed E-state index contributed by atoms with van der Waals surface area (Å²) in [5.41, 5.74) is 0.836. The molecule has 2 rings (SSSR count). The van der Waals surface area contributed by atoms with Gasteiger partial charge in [0.1, 0.15) is 0 Å². The first-order chi connectivity index (χ1) is 8.43. The summed E-state index contributed by atoms with van der Waals surface area (Å²) in [6.45, 7) is 1.66. The minimum atomic E-state index is -1.24. The summed E-state index contributed by atoms with van der Waals surface area (Å²) in [7, 11) is 0. The van der Waals surface area contributed by atoms with Crippen LogP contribution in [0.1, 0.15) is 12.5 Å². The number of hydrogen-bond acceptors (Lipinski definition) is 3. The second-order valence-electron chi connectivity index (χ2n) is 4.14. The monoisotopic (exact) mass is 358 g/mol. The molecule has 18 heavy (non-hydrogen) atoms. The van der Waals surface area contributed by atoms with Crippen molar-refractivity contribution in [1.82, 2.24) is 10.2 Å². The first-order valence-electron chi connectivity index (χ1n) is 5.33. The Morgan fingerprint density at radius 1 is 1.22 bits per heavy atom. The standard InChI is InChI=1S/C12H11IN2O3/c1-12(13)9(16)14-11(18)15(10(12)17)7-8-5-3-2-4-6-8/h2-6H,7H2,1H3,(H,14,16,18). The molecule has 0 spiro atoms. The van der Waals surface area contributed by atoms with E-state index in [0.29, 0.717) is 0 Å². The van der Waals surface area contributed by atoms with E-state index in [-0.39, 0.29) is 6.54 Å². The number of nitrogens with one attached hydrogen (secondary N) is 1. The highest BCUT2D eigenvalue weighted by Gasteiger charge is 2.48. The quantitative estimate of drug-likeness (QED) is 0.495. The third-order valence-electron chi connectivity index (χ3n) is 2.72. The average Bonchev–Trinajstić information content (AvgIpc) is 2.34. The minimum absolute atomic E-state index is 0.164. The van der Waals surface area contributed by atoms with Crippen molar-refractivity contribution in [1.29, 1.82) is 0 Å². The van der Waals surface area contributed by atoms with Gasteiger partial charge in [0.15, 0.2) is 3.42 Å². The van der Waals surface area contributed by atoms with E-state index in [1.54, 1.807) is 22.6 Å². The smallest absolute Gasteiger partial charge is 0.276 e. The lowest BCUT2D eigenvalue weighted by Crippen LogP contribution is -2.63. The first kappa shape index (κ1) is 13.0. The number of rotatable bonds is 2. The molecule has 1 aromatic rings. The number of hydrogen-bond donors (Lipinski definition) is 1. The molecule has 0 aromatic heterocycles. The number of halogens is 1. The van der Waals surface area contributed by atoms with E-state index in [9.17, 15) is 14.4 Å². The van der Waals surface area contributed by atoms with Gasteiger partial charge in [0.05, 0.1) is 6.54 Å². The lowest BCUT2D eigenvalue weighted by Gasteiger charge is -2.33. The van der Waals surface area contributed by atoms with Gasteiger partial charge in [0.2, 0.25) is 0 Å². The molecule has 6 heteroatoms. The van der Waals surface area contributed by atoms with Gasteiger partial charge in [-0.2, -0.15) is 0 Å². The van der Waals surface area contributed by atoms with Crippen LogP contribution in [0.3, 0.4) is 0 Å². The van der Waals surface area contributed by atoms with Gasteiger partial charge in [0.25, 0.3) is 11.8 Å². The van der Waals surface area contributed by atoms with Gasteiger partial charge >= 0.3 is 6.03 Å². The van der Waals surface area contributed by atoms with Crippen LogP contribution in [0.2, 0.25) is 0 Å². The molecule has 0 radical (unpaired) electrons. The van der Waals surface area contributed by atoms with E-state index in [2.05, 4.69) is 5.32 Å². The Hall–Kier alpha value is -1.44. The molecule has 0 bridgehead atoms. The van der Waals surface area contributed by atoms with E-state index in [4.69, 9.17) is 0 Å². The molecule has 0 aliphatic carbocycles. The highest BCUT2D eigenvalue weighted by molar-refractivity contribution is 14.1. The summed E-state index contributed by atoms with van der Waals surface area (Å²) in [5, 5.41) is 2.19. The van der Waals surface area contributed by atoms with Gasteiger partial charge in [-0.3, -0.25) is 19.8 Å². The van der Waals surface area contributed by atoms with Crippen LogP contribution in [-0.4, -0.2) is 26.2 Å². The summed E-state index contributed by atoms with van der Waals surface area (Å²) in [6.07, 6.45) is 0. The first-order valence-corrected chi connectivity index (χ1v) is 6.41. The molecular weight excluding hydrogens is 347 g/mol. The number of carbonyl (C=O) groups is 3. The Morgan fingerprint density at radius 2 is 1.83 bits per heavy atom. The van der Waals surface area contributed by atoms with Gasteiger partial charge in [-0.1, -0.05) is 52.9 Å². The molecule has 94 valence electrons. The van der Waals surface area contributed by atoms with Gasteiger partial charge < -0.3 is 0 Å². The van der Waals surface area contributed by atoms with Gasteiger partial charge in [0, 0.05) is 0 Å². The van der Waals surface area contributed by atoms with Crippen LogP contribution in [0.15, 0.2) is 30.3 Å². The van der Waals surface area contributed by atoms with Crippen molar-refractivity contribution in [2.75, 3.05) is 0 Å². The highest BCUT2D eigenvalue weighted by atomic mass is 127. The van der Waals surface area contributed by atoms with Crippen molar-refractivity contribution < 1.29 is 14.4 Å². The Bertz CT molecular complexity index is 513. The Morgan fingerprint density at radius 3 is 2.44 bits per heavy atom. The van der Waals surface area contributed by atoms with E-state index in [1.807, 2.05) is 30.3 Å². The summed E-state index contributed by atoms with van der Waals surface area (Å²) in [6, 6.07) is 8.49. The van der Waals surface area contributed by atoms with Crippen molar-refractivity contribution in [2.45, 2.75) is 16.9 Å². The van der Waals surface area contributed by atoms with Crippen LogP contribution >= 0.6 is 22.6 Å². The number of benzene rings is 1. The van der Waals surface area contributed by atoms with Crippen molar-refractivity contribution in [2.24, 2.45) is 0 Å². The third kappa shape index (κ3) is 2.24. The number of barbiturate groups is 1. The van der Waals surface area contributed by atoms with E-state index >= 15 is 0 Å². The molecule has 1 unspecified atom stereocenters. The van der Waals surface area contributed by atoms with Crippen LogP contribution in [0.25, 0.3) is 0 Å². The second-order valence-corrected chi connectivity index (χ2v) is 6.30. The number of nitrogens with zero attached hydrogens (tertiary/aromatic N) is 1. The van der Waals surface area contributed by atoms with E-state index in [1.165, 1.54) is 6.92 Å². The van der Waals surface area contributed by atoms with Crippen LogP contribution in [-0.2, 0) is 16.1 Å². The van der Waals surface area contributed by atoms with Crippen molar-refractivity contribution in [3.8, 4) is 0 Å². The molecule has 1 aliphatic rings. The zero-order chi connectivity index (χ0) is 13.3. The number of imide groups is 2. The molecule has 4 amide bonds. The Kier molecular flexibility index (Phi) is 3.38. The fraction of sp³-hybridized carbons (Fsp3) is 0.250. The van der Waals surface area contributed by atoms with Crippen molar-refractivity contribution >= 4 is 40.4 Å². The second kappa shape index (κ2) is 4.68. The summed E-state index contributed by atoms with van der Waals surface area (Å²) >= 11 is 1.76. The average molecular weight is 358 g/mol. The maximum atomic E-state index is 12.1. The summed E-state index contributed by atoms with van der Waals surface area (Å²) in [5.74, 6) is -1.05. The zero-order valence-electron chi connectivity index (χ0n) is 9.64. The fourth-order valence-corrected chi connectivity index (χ4v) is 2.06. The molecule has 0 saturated carbocycles. The van der Waals surface area contributed by atoms with Crippen LogP contribution in [0.5, 0.6) is 0 Å². The van der Waals surface area contributed by atoms with E-state index in [0.717, 1.165) is 10.5 Å². The predicted molar refractivity (Wildman–Crippen MR) is 73.0 cm³/mol. The normalized spacial score (nSPS) is 24.1. The molecule has 1 atom stereocenters. The van der Waals surface area contributed by atoms with Crippen LogP contribution in [0.4, 0.5) is 4.79 Å². The Balaban J connectivity index is 2.25. The maximum Gasteiger partial charge on any atom is 0.331 e. The van der Waals surface area contributed by atoms with E-state index < -0.39 is 21.3 Å². The predicted octanol–water partition coefficient (Wildman–Crippen LogP) is 1.46. The van der Waals surface area contributed by atoms with Gasteiger partial charge in [-0.05, 0) is 12.5 Å². The molecular formula is C12H11IN2O3. The van der Waals surface area contributed by atoms with Gasteiger partial charge in [-0.15, -0.1) is 0 Å². The number of alkyl halides is 1. The molecule has 5 nitrogen and oxygen atoms in total. The molecule has 1 heterocycles. The lowest BCUT2D eigenvalue weighted by atomic mass is 10.1. The highest BCUT2D eigenvalue weighted by Crippen LogP contribution is 2.26. The summed E-state index contributed by atoms with van der Waals surface area (Å²) in [4.78, 5) is 36.4. The molecule has 1 aliphatic heterocycles. The minimum Gasteiger partial charge on any atom is -0.276 e. The van der Waals surface area contributed by atoms with Crippen LogP contribution in [0, 0.1) is 0 Å². The number of carbonyl (C=O) groups excluding carboxylic acids is 3. The molecule has 1 aromatic carbocycles. The maximum absolute atomic E-state index is 12.1. The molecule has 1 saturated heterocycles. The fourth-order valence-electron chi connectivity index (χ4n) is 1.63. The molecule has 1 fully saturated rings. The Labute approximate surface area is 118 Å². The number of urea groups is 1. The lowest BCUT2D eigenvalue weighted by molar-refractivity contribution is -0.139. The largest absolute Gasteiger partial charge is 0.331 e. The van der Waals surface area contributed by atoms with Crippen molar-refractivity contribution in [3.05, 3.63) is 35.9 Å². The zero-order valence-corrected chi connectivity index (χ0v) is 11.8. The van der Waals surface area contributed by atoms with Gasteiger partial charge in [-0.25, -0.2) is 4.79 Å². The number of amides is 4. The van der Waals surface area contributed by atoms with Crippen molar-refractivity contribution in [3.63, 3.8) is 0 Å².